The fourth-order valence-corrected chi connectivity index (χ4v) is 1.85. The number of nitrogens with zero attached hydrogens (tertiary/aromatic N) is 1. The summed E-state index contributed by atoms with van der Waals surface area (Å²) in [6.07, 6.45) is 0. The summed E-state index contributed by atoms with van der Waals surface area (Å²) in [5.74, 6) is 0.564. The van der Waals surface area contributed by atoms with Gasteiger partial charge >= 0.3 is 0 Å². The first-order chi connectivity index (χ1) is 8.13. The van der Waals surface area contributed by atoms with E-state index in [4.69, 9.17) is 14.7 Å². The number of nitriles is 1. The molecule has 0 spiro atoms. The van der Waals surface area contributed by atoms with E-state index in [0.29, 0.717) is 5.56 Å². The maximum Gasteiger partial charge on any atom is 0.187 e. The van der Waals surface area contributed by atoms with Gasteiger partial charge in [-0.05, 0) is 30.7 Å². The predicted molar refractivity (Wildman–Crippen MR) is 60.9 cm³/mol. The number of methoxy groups -OCH3 is 1. The van der Waals surface area contributed by atoms with Crippen molar-refractivity contribution in [2.75, 3.05) is 20.3 Å². The lowest BCUT2D eigenvalue weighted by atomic mass is 9.80. The third-order valence-corrected chi connectivity index (χ3v) is 3.00. The summed E-state index contributed by atoms with van der Waals surface area (Å²) in [5.41, 5.74) is 0.431. The van der Waals surface area contributed by atoms with E-state index in [1.165, 1.54) is 0 Å². The molecule has 0 saturated carbocycles. The lowest BCUT2D eigenvalue weighted by molar-refractivity contribution is -0.0566. The fraction of sp³-hybridized carbons (Fsp3) is 0.385. The summed E-state index contributed by atoms with van der Waals surface area (Å²) in [6, 6.07) is 7.23. The molecule has 0 aromatic heterocycles. The third-order valence-electron chi connectivity index (χ3n) is 3.00. The molecule has 2 rings (SSSR count). The van der Waals surface area contributed by atoms with Gasteiger partial charge in [-0.2, -0.15) is 5.26 Å². The smallest absolute Gasteiger partial charge is 0.187 e. The molecule has 0 atom stereocenters. The Bertz CT molecular complexity index is 498. The molecule has 1 aromatic rings. The van der Waals surface area contributed by atoms with Crippen molar-refractivity contribution in [3.8, 4) is 11.8 Å². The Hall–Kier alpha value is -1.86. The molecule has 0 bridgehead atoms. The summed E-state index contributed by atoms with van der Waals surface area (Å²) in [7, 11) is 1.58. The molecule has 0 unspecified atom stereocenters. The van der Waals surface area contributed by atoms with Crippen LogP contribution in [-0.2, 0) is 4.74 Å². The number of carbonyl (C=O) groups excluding carboxylic acids is 1. The third kappa shape index (κ3) is 1.79. The lowest BCUT2D eigenvalue weighted by Crippen LogP contribution is -2.47. The van der Waals surface area contributed by atoms with Crippen LogP contribution in [0.2, 0.25) is 0 Å². The second kappa shape index (κ2) is 4.19. The Balaban J connectivity index is 2.32. The highest BCUT2D eigenvalue weighted by molar-refractivity contribution is 6.03. The quantitative estimate of drug-likeness (QED) is 0.743. The first kappa shape index (κ1) is 11.6. The van der Waals surface area contributed by atoms with Crippen molar-refractivity contribution < 1.29 is 14.3 Å². The first-order valence-corrected chi connectivity index (χ1v) is 5.31. The van der Waals surface area contributed by atoms with Gasteiger partial charge in [0, 0.05) is 5.56 Å². The number of hydrogen-bond acceptors (Lipinski definition) is 4. The van der Waals surface area contributed by atoms with Crippen LogP contribution < -0.4 is 4.74 Å². The highest BCUT2D eigenvalue weighted by Crippen LogP contribution is 2.32. The van der Waals surface area contributed by atoms with Crippen molar-refractivity contribution in [1.82, 2.24) is 0 Å². The topological polar surface area (TPSA) is 59.3 Å². The lowest BCUT2D eigenvalue weighted by Gasteiger charge is -2.33. The maximum absolute atomic E-state index is 12.2. The number of Topliss-reactive ketones (excluding diaryl/α,β-unsaturated/α-hetero) is 1. The average Bonchev–Trinajstić information content (AvgIpc) is 2.28. The highest BCUT2D eigenvalue weighted by Gasteiger charge is 2.46. The van der Waals surface area contributed by atoms with Crippen LogP contribution >= 0.6 is 0 Å². The molecule has 4 nitrogen and oxygen atoms in total. The maximum atomic E-state index is 12.2. The van der Waals surface area contributed by atoms with Crippen molar-refractivity contribution >= 4 is 5.78 Å². The minimum Gasteiger partial charge on any atom is -0.496 e. The Labute approximate surface area is 99.8 Å². The molecule has 1 saturated heterocycles. The van der Waals surface area contributed by atoms with Gasteiger partial charge in [0.15, 0.2) is 11.2 Å². The average molecular weight is 231 g/mol. The Morgan fingerprint density at radius 3 is 2.65 bits per heavy atom. The number of hydrogen-bond donors (Lipinski definition) is 0. The summed E-state index contributed by atoms with van der Waals surface area (Å²) in [4.78, 5) is 12.2. The van der Waals surface area contributed by atoms with Crippen LogP contribution in [0.15, 0.2) is 18.2 Å². The molecule has 88 valence electrons. The van der Waals surface area contributed by atoms with E-state index in [9.17, 15) is 4.79 Å². The van der Waals surface area contributed by atoms with Gasteiger partial charge in [-0.15, -0.1) is 0 Å². The van der Waals surface area contributed by atoms with Crippen LogP contribution in [0.5, 0.6) is 5.75 Å². The zero-order valence-corrected chi connectivity index (χ0v) is 9.82. The molecular formula is C13H13NO3. The van der Waals surface area contributed by atoms with Crippen molar-refractivity contribution in [1.29, 1.82) is 5.26 Å². The van der Waals surface area contributed by atoms with E-state index in [2.05, 4.69) is 6.07 Å². The van der Waals surface area contributed by atoms with Crippen LogP contribution in [0.4, 0.5) is 0 Å². The monoisotopic (exact) mass is 231 g/mol. The van der Waals surface area contributed by atoms with Gasteiger partial charge in [0.2, 0.25) is 0 Å². The molecule has 4 heteroatoms. The first-order valence-electron chi connectivity index (χ1n) is 5.31. The van der Waals surface area contributed by atoms with Crippen LogP contribution in [0.3, 0.4) is 0 Å². The van der Waals surface area contributed by atoms with Crippen molar-refractivity contribution in [3.05, 3.63) is 29.3 Å². The Morgan fingerprint density at radius 2 is 2.24 bits per heavy atom. The molecule has 1 aliphatic rings. The largest absolute Gasteiger partial charge is 0.496 e. The molecule has 1 fully saturated rings. The Morgan fingerprint density at radius 1 is 1.53 bits per heavy atom. The van der Waals surface area contributed by atoms with Crippen LogP contribution in [0.1, 0.15) is 15.9 Å². The Kier molecular flexibility index (Phi) is 2.86. The number of ether oxygens (including phenoxy) is 2. The van der Waals surface area contributed by atoms with E-state index in [1.54, 1.807) is 25.3 Å². The molecule has 0 amide bonds. The number of carbonyl (C=O) groups is 1. The van der Waals surface area contributed by atoms with E-state index in [0.717, 1.165) is 11.3 Å². The molecule has 17 heavy (non-hydrogen) atoms. The van der Waals surface area contributed by atoms with Gasteiger partial charge in [0.05, 0.1) is 26.4 Å². The number of rotatable bonds is 3. The van der Waals surface area contributed by atoms with E-state index >= 15 is 0 Å². The molecule has 0 N–H and O–H groups in total. The standard InChI is InChI=1S/C13H13NO3/c1-9-5-10(3-4-11(9)16-2)12(15)13(6-14)7-17-8-13/h3-5H,7-8H2,1-2H3. The van der Waals surface area contributed by atoms with Crippen molar-refractivity contribution in [3.63, 3.8) is 0 Å². The molecule has 1 heterocycles. The van der Waals surface area contributed by atoms with Gasteiger partial charge in [-0.3, -0.25) is 4.79 Å². The number of ketones is 1. The number of aryl methyl sites for hydroxylation is 1. The summed E-state index contributed by atoms with van der Waals surface area (Å²) >= 11 is 0. The molecule has 0 radical (unpaired) electrons. The van der Waals surface area contributed by atoms with Crippen molar-refractivity contribution in [2.24, 2.45) is 5.41 Å². The van der Waals surface area contributed by atoms with Crippen molar-refractivity contribution in [2.45, 2.75) is 6.92 Å². The molecule has 1 aliphatic heterocycles. The van der Waals surface area contributed by atoms with E-state index in [-0.39, 0.29) is 19.0 Å². The predicted octanol–water partition coefficient (Wildman–Crippen LogP) is 1.73. The minimum absolute atomic E-state index is 0.169. The summed E-state index contributed by atoms with van der Waals surface area (Å²) in [5, 5.41) is 9.06. The zero-order valence-electron chi connectivity index (χ0n) is 9.82. The zero-order chi connectivity index (χ0) is 12.5. The summed E-state index contributed by atoms with van der Waals surface area (Å²) < 4.78 is 10.1. The second-order valence-electron chi connectivity index (χ2n) is 4.20. The van der Waals surface area contributed by atoms with E-state index in [1.807, 2.05) is 6.92 Å². The van der Waals surface area contributed by atoms with Crippen LogP contribution in [0.25, 0.3) is 0 Å². The van der Waals surface area contributed by atoms with Gasteiger partial charge in [0.1, 0.15) is 5.75 Å². The number of benzene rings is 1. The molecule has 1 aromatic carbocycles. The van der Waals surface area contributed by atoms with E-state index < -0.39 is 5.41 Å². The second-order valence-corrected chi connectivity index (χ2v) is 4.20. The van der Waals surface area contributed by atoms with Gasteiger partial charge < -0.3 is 9.47 Å². The normalized spacial score (nSPS) is 16.8. The van der Waals surface area contributed by atoms with Gasteiger partial charge in [-0.25, -0.2) is 0 Å². The molecular weight excluding hydrogens is 218 g/mol. The SMILES string of the molecule is COc1ccc(C(=O)C2(C#N)COC2)cc1C. The fourth-order valence-electron chi connectivity index (χ4n) is 1.85. The van der Waals surface area contributed by atoms with Gasteiger partial charge in [-0.1, -0.05) is 0 Å². The molecule has 0 aliphatic carbocycles. The summed E-state index contributed by atoms with van der Waals surface area (Å²) in [6.45, 7) is 2.24. The van der Waals surface area contributed by atoms with Gasteiger partial charge in [0.25, 0.3) is 0 Å². The van der Waals surface area contributed by atoms with Crippen LogP contribution in [-0.4, -0.2) is 26.1 Å². The highest BCUT2D eigenvalue weighted by atomic mass is 16.5. The minimum atomic E-state index is -0.985. The van der Waals surface area contributed by atoms with Crippen LogP contribution in [0, 0.1) is 23.7 Å².